The predicted molar refractivity (Wildman–Crippen MR) is 62.4 cm³/mol. The van der Waals surface area contributed by atoms with Gasteiger partial charge in [0.15, 0.2) is 0 Å². The van der Waals surface area contributed by atoms with Crippen molar-refractivity contribution in [1.82, 2.24) is 9.78 Å². The van der Waals surface area contributed by atoms with Crippen LogP contribution in [-0.2, 0) is 7.05 Å². The van der Waals surface area contributed by atoms with Crippen molar-refractivity contribution in [2.45, 2.75) is 0 Å². The molecule has 0 fully saturated rings. The molecule has 5 heteroatoms. The number of nitrogens with zero attached hydrogens (tertiary/aromatic N) is 2. The fourth-order valence-electron chi connectivity index (χ4n) is 1.37. The number of halogens is 1. The molecule has 0 spiro atoms. The van der Waals surface area contributed by atoms with Gasteiger partial charge in [-0.3, -0.25) is 4.68 Å². The van der Waals surface area contributed by atoms with Gasteiger partial charge in [0.25, 0.3) is 0 Å². The van der Waals surface area contributed by atoms with Crippen LogP contribution in [0.15, 0.2) is 28.9 Å². The average Bonchev–Trinajstić information content (AvgIpc) is 2.52. The summed E-state index contributed by atoms with van der Waals surface area (Å²) in [7, 11) is 1.77. The highest BCUT2D eigenvalue weighted by atomic mass is 79.9. The number of nitrogens with two attached hydrogens (primary N) is 1. The lowest BCUT2D eigenvalue weighted by molar-refractivity contribution is 0.475. The molecule has 1 aromatic carbocycles. The standard InChI is InChI=1S/C10H10BrN3O/c1-14-10(12)8(5-13-14)7-4-6(15)2-3-9(7)11/h2-5,15H,12H2,1H3. The minimum Gasteiger partial charge on any atom is -0.508 e. The first-order valence-corrected chi connectivity index (χ1v) is 5.15. The normalized spacial score (nSPS) is 10.5. The number of aryl methyl sites for hydroxylation is 1. The van der Waals surface area contributed by atoms with E-state index in [0.717, 1.165) is 15.6 Å². The van der Waals surface area contributed by atoms with Gasteiger partial charge in [0, 0.05) is 22.6 Å². The van der Waals surface area contributed by atoms with Crippen molar-refractivity contribution in [3.05, 3.63) is 28.9 Å². The highest BCUT2D eigenvalue weighted by Gasteiger charge is 2.10. The highest BCUT2D eigenvalue weighted by Crippen LogP contribution is 2.34. The van der Waals surface area contributed by atoms with Crippen molar-refractivity contribution in [1.29, 1.82) is 0 Å². The van der Waals surface area contributed by atoms with Crippen LogP contribution >= 0.6 is 15.9 Å². The number of phenolic OH excluding ortho intramolecular Hbond substituents is 1. The van der Waals surface area contributed by atoms with E-state index in [-0.39, 0.29) is 5.75 Å². The van der Waals surface area contributed by atoms with E-state index >= 15 is 0 Å². The SMILES string of the molecule is Cn1ncc(-c2cc(O)ccc2Br)c1N. The number of nitrogen functional groups attached to an aromatic ring is 1. The van der Waals surface area contributed by atoms with Gasteiger partial charge in [-0.15, -0.1) is 0 Å². The summed E-state index contributed by atoms with van der Waals surface area (Å²) in [4.78, 5) is 0. The molecule has 0 amide bonds. The zero-order valence-electron chi connectivity index (χ0n) is 8.11. The zero-order chi connectivity index (χ0) is 11.0. The molecule has 2 rings (SSSR count). The van der Waals surface area contributed by atoms with Gasteiger partial charge in [-0.2, -0.15) is 5.10 Å². The van der Waals surface area contributed by atoms with Crippen LogP contribution < -0.4 is 5.73 Å². The molecule has 15 heavy (non-hydrogen) atoms. The van der Waals surface area contributed by atoms with Crippen molar-refractivity contribution in [3.8, 4) is 16.9 Å². The first kappa shape index (κ1) is 10.0. The van der Waals surface area contributed by atoms with E-state index in [1.165, 1.54) is 0 Å². The monoisotopic (exact) mass is 267 g/mol. The maximum atomic E-state index is 9.41. The van der Waals surface area contributed by atoms with E-state index in [0.29, 0.717) is 5.82 Å². The smallest absolute Gasteiger partial charge is 0.129 e. The van der Waals surface area contributed by atoms with Crippen LogP contribution in [0.1, 0.15) is 0 Å². The molecule has 0 bridgehead atoms. The third-order valence-electron chi connectivity index (χ3n) is 2.22. The second-order valence-electron chi connectivity index (χ2n) is 3.23. The quantitative estimate of drug-likeness (QED) is 0.832. The van der Waals surface area contributed by atoms with Crippen molar-refractivity contribution in [3.63, 3.8) is 0 Å². The van der Waals surface area contributed by atoms with Crippen LogP contribution in [-0.4, -0.2) is 14.9 Å². The number of aromatic hydroxyl groups is 1. The second kappa shape index (κ2) is 3.58. The third kappa shape index (κ3) is 1.70. The molecular weight excluding hydrogens is 258 g/mol. The van der Waals surface area contributed by atoms with Crippen LogP contribution in [0.5, 0.6) is 5.75 Å². The fourth-order valence-corrected chi connectivity index (χ4v) is 1.83. The summed E-state index contributed by atoms with van der Waals surface area (Å²) in [5.41, 5.74) is 7.49. The summed E-state index contributed by atoms with van der Waals surface area (Å²) in [6, 6.07) is 5.04. The summed E-state index contributed by atoms with van der Waals surface area (Å²) in [5.74, 6) is 0.776. The molecule has 0 atom stereocenters. The van der Waals surface area contributed by atoms with Gasteiger partial charge in [-0.1, -0.05) is 15.9 Å². The van der Waals surface area contributed by atoms with Gasteiger partial charge in [-0.25, -0.2) is 0 Å². The van der Waals surface area contributed by atoms with Gasteiger partial charge in [0.05, 0.1) is 6.20 Å². The molecule has 1 heterocycles. The summed E-state index contributed by atoms with van der Waals surface area (Å²) >= 11 is 3.41. The van der Waals surface area contributed by atoms with E-state index in [4.69, 9.17) is 5.73 Å². The van der Waals surface area contributed by atoms with Gasteiger partial charge < -0.3 is 10.8 Å². The summed E-state index contributed by atoms with van der Waals surface area (Å²) < 4.78 is 2.46. The topological polar surface area (TPSA) is 64.1 Å². The molecule has 0 saturated heterocycles. The van der Waals surface area contributed by atoms with Gasteiger partial charge in [0.2, 0.25) is 0 Å². The molecular formula is C10H10BrN3O. The Bertz CT molecular complexity index is 507. The van der Waals surface area contributed by atoms with Crippen LogP contribution in [0, 0.1) is 0 Å². The van der Waals surface area contributed by atoms with Gasteiger partial charge in [0.1, 0.15) is 11.6 Å². The molecule has 0 unspecified atom stereocenters. The van der Waals surface area contributed by atoms with Gasteiger partial charge >= 0.3 is 0 Å². The Morgan fingerprint density at radius 2 is 2.13 bits per heavy atom. The Morgan fingerprint density at radius 3 is 2.73 bits per heavy atom. The highest BCUT2D eigenvalue weighted by molar-refractivity contribution is 9.10. The molecule has 0 saturated carbocycles. The minimum atomic E-state index is 0.205. The molecule has 3 N–H and O–H groups in total. The van der Waals surface area contributed by atoms with Crippen molar-refractivity contribution >= 4 is 21.7 Å². The van der Waals surface area contributed by atoms with E-state index in [9.17, 15) is 5.11 Å². The largest absolute Gasteiger partial charge is 0.508 e. The summed E-state index contributed by atoms with van der Waals surface area (Å²) in [6.45, 7) is 0. The van der Waals surface area contributed by atoms with E-state index < -0.39 is 0 Å². The molecule has 78 valence electrons. The fraction of sp³-hybridized carbons (Fsp3) is 0.100. The number of rotatable bonds is 1. The van der Waals surface area contributed by atoms with Crippen LogP contribution in [0.2, 0.25) is 0 Å². The Labute approximate surface area is 95.5 Å². The first-order valence-electron chi connectivity index (χ1n) is 4.36. The number of benzene rings is 1. The number of hydrogen-bond acceptors (Lipinski definition) is 3. The number of aromatic nitrogens is 2. The Morgan fingerprint density at radius 1 is 1.40 bits per heavy atom. The van der Waals surface area contributed by atoms with E-state index in [1.807, 2.05) is 0 Å². The van der Waals surface area contributed by atoms with E-state index in [2.05, 4.69) is 21.0 Å². The molecule has 0 radical (unpaired) electrons. The molecule has 1 aromatic heterocycles. The summed E-state index contributed by atoms with van der Waals surface area (Å²) in [5, 5.41) is 13.5. The number of hydrogen-bond donors (Lipinski definition) is 2. The van der Waals surface area contributed by atoms with Crippen LogP contribution in [0.4, 0.5) is 5.82 Å². The lowest BCUT2D eigenvalue weighted by Gasteiger charge is -2.04. The number of phenols is 1. The Balaban J connectivity index is 2.63. The lowest BCUT2D eigenvalue weighted by atomic mass is 10.1. The maximum absolute atomic E-state index is 9.41. The van der Waals surface area contributed by atoms with Crippen LogP contribution in [0.25, 0.3) is 11.1 Å². The lowest BCUT2D eigenvalue weighted by Crippen LogP contribution is -1.98. The second-order valence-corrected chi connectivity index (χ2v) is 4.09. The molecule has 4 nitrogen and oxygen atoms in total. The van der Waals surface area contributed by atoms with Crippen molar-refractivity contribution in [2.75, 3.05) is 5.73 Å². The Hall–Kier alpha value is -1.49. The number of anilines is 1. The van der Waals surface area contributed by atoms with Crippen LogP contribution in [0.3, 0.4) is 0 Å². The molecule has 2 aromatic rings. The van der Waals surface area contributed by atoms with Crippen molar-refractivity contribution in [2.24, 2.45) is 7.05 Å². The average molecular weight is 268 g/mol. The molecule has 0 aliphatic heterocycles. The predicted octanol–water partition coefficient (Wildman–Crippen LogP) is 2.14. The molecule has 0 aliphatic rings. The zero-order valence-corrected chi connectivity index (χ0v) is 9.69. The van der Waals surface area contributed by atoms with Gasteiger partial charge in [-0.05, 0) is 18.2 Å². The maximum Gasteiger partial charge on any atom is 0.129 e. The third-order valence-corrected chi connectivity index (χ3v) is 2.92. The summed E-state index contributed by atoms with van der Waals surface area (Å²) in [6.07, 6.45) is 1.68. The van der Waals surface area contributed by atoms with Crippen molar-refractivity contribution < 1.29 is 5.11 Å². The molecule has 0 aliphatic carbocycles. The Kier molecular flexibility index (Phi) is 2.40. The first-order chi connectivity index (χ1) is 7.09. The van der Waals surface area contributed by atoms with E-state index in [1.54, 1.807) is 36.1 Å². The minimum absolute atomic E-state index is 0.205.